The third kappa shape index (κ3) is 3.51. The molecule has 2 nitrogen and oxygen atoms in total. The van der Waals surface area contributed by atoms with Gasteiger partial charge in [-0.25, -0.2) is 0 Å². The number of nitrogen functional groups attached to an aromatic ring is 1. The molecule has 0 spiro atoms. The van der Waals surface area contributed by atoms with Crippen LogP contribution in [-0.4, -0.2) is 24.2 Å². The van der Waals surface area contributed by atoms with E-state index in [1.54, 1.807) is 0 Å². The van der Waals surface area contributed by atoms with Crippen molar-refractivity contribution in [2.75, 3.05) is 18.8 Å². The average molecular weight is 322 g/mol. The van der Waals surface area contributed by atoms with Crippen LogP contribution in [0.4, 0.5) is 27.6 Å². The lowest BCUT2D eigenvalue weighted by molar-refractivity contribution is -0.289. The summed E-state index contributed by atoms with van der Waals surface area (Å²) in [5.74, 6) is -4.33. The maximum Gasteiger partial charge on any atom is 0.458 e. The Bertz CT molecular complexity index is 519. The standard InChI is InChI=1S/C15H19F5N2/c1-10-4-6-22(7-5-10)9-11-8-12(21)2-3-13(11)14(16,17)15(18,19)20/h2-3,8,10H,4-7,9,21H2,1H3. The third-order valence-electron chi connectivity index (χ3n) is 4.09. The molecule has 1 saturated heterocycles. The zero-order chi connectivity index (χ0) is 16.5. The van der Waals surface area contributed by atoms with Gasteiger partial charge >= 0.3 is 12.1 Å². The third-order valence-corrected chi connectivity index (χ3v) is 4.09. The zero-order valence-electron chi connectivity index (χ0n) is 12.3. The fourth-order valence-electron chi connectivity index (χ4n) is 2.66. The van der Waals surface area contributed by atoms with Gasteiger partial charge in [0.15, 0.2) is 0 Å². The van der Waals surface area contributed by atoms with Crippen molar-refractivity contribution in [2.24, 2.45) is 5.92 Å². The maximum atomic E-state index is 13.7. The number of hydrogen-bond acceptors (Lipinski definition) is 2. The molecule has 0 bridgehead atoms. The van der Waals surface area contributed by atoms with Gasteiger partial charge in [-0.15, -0.1) is 0 Å². The van der Waals surface area contributed by atoms with Crippen LogP contribution < -0.4 is 5.73 Å². The number of alkyl halides is 5. The molecule has 0 aromatic heterocycles. The highest BCUT2D eigenvalue weighted by molar-refractivity contribution is 5.46. The van der Waals surface area contributed by atoms with Crippen LogP contribution in [-0.2, 0) is 12.5 Å². The summed E-state index contributed by atoms with van der Waals surface area (Å²) in [6.07, 6.45) is -3.80. The van der Waals surface area contributed by atoms with Gasteiger partial charge in [-0.3, -0.25) is 4.90 Å². The first-order valence-corrected chi connectivity index (χ1v) is 7.17. The summed E-state index contributed by atoms with van der Waals surface area (Å²) in [5.41, 5.74) is 4.68. The number of nitrogens with two attached hydrogens (primary N) is 1. The van der Waals surface area contributed by atoms with Crippen molar-refractivity contribution >= 4 is 5.69 Å². The SMILES string of the molecule is CC1CCN(Cc2cc(N)ccc2C(F)(F)C(F)(F)F)CC1. The summed E-state index contributed by atoms with van der Waals surface area (Å²) < 4.78 is 65.3. The van der Waals surface area contributed by atoms with E-state index in [0.717, 1.165) is 25.0 Å². The molecule has 1 aliphatic heterocycles. The highest BCUT2D eigenvalue weighted by Crippen LogP contribution is 2.45. The van der Waals surface area contributed by atoms with Gasteiger partial charge in [-0.2, -0.15) is 22.0 Å². The van der Waals surface area contributed by atoms with Gasteiger partial charge in [0.1, 0.15) is 0 Å². The molecule has 1 heterocycles. The zero-order valence-corrected chi connectivity index (χ0v) is 12.3. The first kappa shape index (κ1) is 17.0. The Morgan fingerprint density at radius 2 is 1.73 bits per heavy atom. The summed E-state index contributed by atoms with van der Waals surface area (Å²) in [6.45, 7) is 3.53. The molecule has 2 N–H and O–H groups in total. The number of piperidine rings is 1. The molecule has 0 amide bonds. The number of nitrogens with zero attached hydrogens (tertiary/aromatic N) is 1. The first-order chi connectivity index (χ1) is 10.1. The van der Waals surface area contributed by atoms with E-state index in [0.29, 0.717) is 19.0 Å². The Hall–Kier alpha value is -1.37. The molecule has 1 fully saturated rings. The molecule has 0 unspecified atom stereocenters. The molecule has 0 atom stereocenters. The molecule has 7 heteroatoms. The monoisotopic (exact) mass is 322 g/mol. The Kier molecular flexibility index (Phi) is 4.65. The van der Waals surface area contributed by atoms with Crippen molar-refractivity contribution in [3.05, 3.63) is 29.3 Å². The number of hydrogen-bond donors (Lipinski definition) is 1. The fraction of sp³-hybridized carbons (Fsp3) is 0.600. The van der Waals surface area contributed by atoms with Crippen molar-refractivity contribution in [1.29, 1.82) is 0 Å². The summed E-state index contributed by atoms with van der Waals surface area (Å²) in [4.78, 5) is 1.89. The lowest BCUT2D eigenvalue weighted by Gasteiger charge is -2.31. The Morgan fingerprint density at radius 1 is 1.14 bits per heavy atom. The second kappa shape index (κ2) is 6.02. The molecule has 2 rings (SSSR count). The molecular formula is C15H19F5N2. The van der Waals surface area contributed by atoms with Crippen molar-refractivity contribution < 1.29 is 22.0 Å². The smallest absolute Gasteiger partial charge is 0.399 e. The maximum absolute atomic E-state index is 13.7. The van der Waals surface area contributed by atoms with Gasteiger partial charge in [0.05, 0.1) is 0 Å². The van der Waals surface area contributed by atoms with Crippen LogP contribution in [0.25, 0.3) is 0 Å². The first-order valence-electron chi connectivity index (χ1n) is 7.17. The predicted octanol–water partition coefficient (Wildman–Crippen LogP) is 4.15. The van der Waals surface area contributed by atoms with E-state index < -0.39 is 17.7 Å². The van der Waals surface area contributed by atoms with Gasteiger partial charge in [-0.05, 0) is 49.5 Å². The van der Waals surface area contributed by atoms with Gasteiger partial charge in [-0.1, -0.05) is 13.0 Å². The lowest BCUT2D eigenvalue weighted by Crippen LogP contribution is -2.37. The largest absolute Gasteiger partial charge is 0.458 e. The molecule has 0 saturated carbocycles. The topological polar surface area (TPSA) is 29.3 Å². The van der Waals surface area contributed by atoms with Gasteiger partial charge in [0.2, 0.25) is 0 Å². The van der Waals surface area contributed by atoms with E-state index in [-0.39, 0.29) is 17.8 Å². The predicted molar refractivity (Wildman–Crippen MR) is 74.5 cm³/mol. The van der Waals surface area contributed by atoms with Crippen LogP contribution >= 0.6 is 0 Å². The van der Waals surface area contributed by atoms with Crippen LogP contribution in [0.3, 0.4) is 0 Å². The normalized spacial score (nSPS) is 18.6. The molecule has 22 heavy (non-hydrogen) atoms. The van der Waals surface area contributed by atoms with Crippen molar-refractivity contribution in [2.45, 2.75) is 38.4 Å². The van der Waals surface area contributed by atoms with Crippen molar-refractivity contribution in [1.82, 2.24) is 4.90 Å². The molecule has 1 aromatic rings. The molecular weight excluding hydrogens is 303 g/mol. The minimum atomic E-state index is -5.62. The Labute approximate surface area is 126 Å². The van der Waals surface area contributed by atoms with Crippen LogP contribution in [0.2, 0.25) is 0 Å². The van der Waals surface area contributed by atoms with E-state index in [1.807, 2.05) is 4.90 Å². The summed E-state index contributed by atoms with van der Waals surface area (Å²) in [5, 5.41) is 0. The number of anilines is 1. The average Bonchev–Trinajstić information content (AvgIpc) is 2.40. The summed E-state index contributed by atoms with van der Waals surface area (Å²) in [7, 11) is 0. The summed E-state index contributed by atoms with van der Waals surface area (Å²) >= 11 is 0. The van der Waals surface area contributed by atoms with Crippen LogP contribution in [0.1, 0.15) is 30.9 Å². The Morgan fingerprint density at radius 3 is 2.27 bits per heavy atom. The van der Waals surface area contributed by atoms with Crippen LogP contribution in [0, 0.1) is 5.92 Å². The number of halogens is 5. The number of benzene rings is 1. The van der Waals surface area contributed by atoms with E-state index in [9.17, 15) is 22.0 Å². The second-order valence-electron chi connectivity index (χ2n) is 5.95. The van der Waals surface area contributed by atoms with Crippen molar-refractivity contribution in [3.63, 3.8) is 0 Å². The van der Waals surface area contributed by atoms with Gasteiger partial charge < -0.3 is 5.73 Å². The van der Waals surface area contributed by atoms with E-state index >= 15 is 0 Å². The summed E-state index contributed by atoms with van der Waals surface area (Å²) in [6, 6.07) is 3.08. The fourth-order valence-corrected chi connectivity index (χ4v) is 2.66. The number of rotatable bonds is 3. The molecule has 0 radical (unpaired) electrons. The van der Waals surface area contributed by atoms with E-state index in [2.05, 4.69) is 6.92 Å². The van der Waals surface area contributed by atoms with Crippen molar-refractivity contribution in [3.8, 4) is 0 Å². The van der Waals surface area contributed by atoms with E-state index in [4.69, 9.17) is 5.73 Å². The van der Waals surface area contributed by atoms with Gasteiger partial charge in [0.25, 0.3) is 0 Å². The molecule has 1 aliphatic rings. The molecule has 0 aliphatic carbocycles. The second-order valence-corrected chi connectivity index (χ2v) is 5.95. The minimum Gasteiger partial charge on any atom is -0.399 e. The lowest BCUT2D eigenvalue weighted by atomic mass is 9.96. The molecule has 124 valence electrons. The van der Waals surface area contributed by atoms with Crippen LogP contribution in [0.15, 0.2) is 18.2 Å². The van der Waals surface area contributed by atoms with Gasteiger partial charge in [0, 0.05) is 17.8 Å². The quantitative estimate of drug-likeness (QED) is 0.669. The van der Waals surface area contributed by atoms with E-state index in [1.165, 1.54) is 6.07 Å². The number of likely N-dealkylation sites (tertiary alicyclic amines) is 1. The minimum absolute atomic E-state index is 0.0543. The Balaban J connectivity index is 2.29. The highest BCUT2D eigenvalue weighted by Gasteiger charge is 2.59. The van der Waals surface area contributed by atoms with Crippen LogP contribution in [0.5, 0.6) is 0 Å². The highest BCUT2D eigenvalue weighted by atomic mass is 19.4. The molecule has 1 aromatic carbocycles.